The zero-order valence-electron chi connectivity index (χ0n) is 10.0. The van der Waals surface area contributed by atoms with Gasteiger partial charge in [-0.25, -0.2) is 0 Å². The fraction of sp³-hybridized carbons (Fsp3) is 0.385. The minimum atomic E-state index is -0.270. The zero-order chi connectivity index (χ0) is 13.0. The van der Waals surface area contributed by atoms with E-state index in [2.05, 4.69) is 0 Å². The van der Waals surface area contributed by atoms with E-state index in [9.17, 15) is 9.59 Å². The number of carbonyl (C=O) groups excluding carboxylic acids is 2. The summed E-state index contributed by atoms with van der Waals surface area (Å²) in [7, 11) is 0. The molecule has 5 heteroatoms. The third kappa shape index (κ3) is 3.00. The first-order chi connectivity index (χ1) is 8.66. The molecule has 1 fully saturated rings. The average Bonchev–Trinajstić information content (AvgIpc) is 2.89. The van der Waals surface area contributed by atoms with E-state index in [4.69, 9.17) is 10.2 Å². The molecule has 0 radical (unpaired) electrons. The average molecular weight is 248 g/mol. The number of nitrogens with zero attached hydrogens (tertiary/aromatic N) is 1. The first-order valence-electron chi connectivity index (χ1n) is 5.96. The molecule has 1 saturated heterocycles. The van der Waals surface area contributed by atoms with Crippen molar-refractivity contribution in [2.45, 2.75) is 12.8 Å². The minimum absolute atomic E-state index is 0.0608. The summed E-state index contributed by atoms with van der Waals surface area (Å²) in [5.74, 6) is 0.223. The summed E-state index contributed by atoms with van der Waals surface area (Å²) in [5.41, 5.74) is 5.24. The Balaban J connectivity index is 1.86. The number of hydrogen-bond acceptors (Lipinski definition) is 3. The molecule has 18 heavy (non-hydrogen) atoms. The van der Waals surface area contributed by atoms with Crippen molar-refractivity contribution in [3.8, 4) is 0 Å². The molecule has 1 aromatic rings. The van der Waals surface area contributed by atoms with Gasteiger partial charge in [-0.15, -0.1) is 0 Å². The molecule has 0 aliphatic carbocycles. The van der Waals surface area contributed by atoms with Gasteiger partial charge >= 0.3 is 0 Å². The van der Waals surface area contributed by atoms with Gasteiger partial charge in [-0.3, -0.25) is 9.59 Å². The lowest BCUT2D eigenvalue weighted by Crippen LogP contribution is -2.41. The van der Waals surface area contributed by atoms with E-state index in [-0.39, 0.29) is 17.7 Å². The Bertz CT molecular complexity index is 443. The first-order valence-corrected chi connectivity index (χ1v) is 5.96. The highest BCUT2D eigenvalue weighted by molar-refractivity contribution is 5.91. The Labute approximate surface area is 105 Å². The van der Waals surface area contributed by atoms with Crippen LogP contribution >= 0.6 is 0 Å². The summed E-state index contributed by atoms with van der Waals surface area (Å²) in [4.78, 5) is 24.6. The number of hydrogen-bond donors (Lipinski definition) is 1. The second-order valence-corrected chi connectivity index (χ2v) is 4.35. The molecular formula is C13H16N2O3. The molecular weight excluding hydrogens is 232 g/mol. The van der Waals surface area contributed by atoms with E-state index < -0.39 is 0 Å². The van der Waals surface area contributed by atoms with Crippen LogP contribution in [0, 0.1) is 5.92 Å². The van der Waals surface area contributed by atoms with Gasteiger partial charge < -0.3 is 15.1 Å². The maximum atomic E-state index is 11.9. The summed E-state index contributed by atoms with van der Waals surface area (Å²) in [6.07, 6.45) is 5.99. The van der Waals surface area contributed by atoms with Crippen molar-refractivity contribution in [1.82, 2.24) is 4.90 Å². The van der Waals surface area contributed by atoms with Crippen molar-refractivity contribution < 1.29 is 14.0 Å². The number of amides is 2. The Morgan fingerprint density at radius 3 is 2.67 bits per heavy atom. The van der Waals surface area contributed by atoms with Crippen molar-refractivity contribution in [2.75, 3.05) is 13.1 Å². The number of piperidine rings is 1. The van der Waals surface area contributed by atoms with Crippen LogP contribution in [0.2, 0.25) is 0 Å². The highest BCUT2D eigenvalue weighted by atomic mass is 16.3. The highest BCUT2D eigenvalue weighted by Gasteiger charge is 2.24. The summed E-state index contributed by atoms with van der Waals surface area (Å²) in [6, 6.07) is 3.55. The fourth-order valence-corrected chi connectivity index (χ4v) is 2.03. The Morgan fingerprint density at radius 1 is 1.39 bits per heavy atom. The fourth-order valence-electron chi connectivity index (χ4n) is 2.03. The topological polar surface area (TPSA) is 76.5 Å². The van der Waals surface area contributed by atoms with Gasteiger partial charge in [-0.2, -0.15) is 0 Å². The van der Waals surface area contributed by atoms with Crippen LogP contribution in [-0.4, -0.2) is 29.8 Å². The van der Waals surface area contributed by atoms with Crippen LogP contribution in [0.15, 0.2) is 28.9 Å². The highest BCUT2D eigenvalue weighted by Crippen LogP contribution is 2.17. The predicted molar refractivity (Wildman–Crippen MR) is 66.2 cm³/mol. The largest absolute Gasteiger partial charge is 0.465 e. The van der Waals surface area contributed by atoms with Gasteiger partial charge in [0.2, 0.25) is 11.8 Å². The molecule has 5 nitrogen and oxygen atoms in total. The molecule has 2 amide bonds. The maximum absolute atomic E-state index is 11.9. The second-order valence-electron chi connectivity index (χ2n) is 4.35. The van der Waals surface area contributed by atoms with Gasteiger partial charge in [0, 0.05) is 25.1 Å². The van der Waals surface area contributed by atoms with Crippen LogP contribution in [-0.2, 0) is 9.59 Å². The smallest absolute Gasteiger partial charge is 0.246 e. The van der Waals surface area contributed by atoms with Crippen molar-refractivity contribution in [3.63, 3.8) is 0 Å². The van der Waals surface area contributed by atoms with Gasteiger partial charge in [-0.05, 0) is 31.1 Å². The second kappa shape index (κ2) is 5.53. The number of furan rings is 1. The minimum Gasteiger partial charge on any atom is -0.465 e. The molecule has 2 heterocycles. The lowest BCUT2D eigenvalue weighted by Gasteiger charge is -2.29. The SMILES string of the molecule is NC(=O)C1CCN(C(=O)/C=C/c2ccco2)CC1. The third-order valence-electron chi connectivity index (χ3n) is 3.14. The molecule has 0 aromatic carbocycles. The molecule has 96 valence electrons. The summed E-state index contributed by atoms with van der Waals surface area (Å²) < 4.78 is 5.10. The van der Waals surface area contributed by atoms with Gasteiger partial charge in [0.1, 0.15) is 5.76 Å². The molecule has 0 spiro atoms. The molecule has 1 aliphatic rings. The van der Waals surface area contributed by atoms with E-state index in [1.54, 1.807) is 29.4 Å². The van der Waals surface area contributed by atoms with Gasteiger partial charge in [0.05, 0.1) is 6.26 Å². The van der Waals surface area contributed by atoms with Crippen LogP contribution in [0.4, 0.5) is 0 Å². The van der Waals surface area contributed by atoms with E-state index in [0.717, 1.165) is 0 Å². The summed E-state index contributed by atoms with van der Waals surface area (Å²) >= 11 is 0. The van der Waals surface area contributed by atoms with Crippen molar-refractivity contribution in [1.29, 1.82) is 0 Å². The molecule has 0 unspecified atom stereocenters. The third-order valence-corrected chi connectivity index (χ3v) is 3.14. The molecule has 0 atom stereocenters. The lowest BCUT2D eigenvalue weighted by molar-refractivity contribution is -0.130. The number of likely N-dealkylation sites (tertiary alicyclic amines) is 1. The van der Waals surface area contributed by atoms with E-state index >= 15 is 0 Å². The van der Waals surface area contributed by atoms with Gasteiger partial charge in [-0.1, -0.05) is 0 Å². The standard InChI is InChI=1S/C13H16N2O3/c14-13(17)10-5-7-15(8-6-10)12(16)4-3-11-2-1-9-18-11/h1-4,9-10H,5-8H2,(H2,14,17)/b4-3+. The van der Waals surface area contributed by atoms with Crippen molar-refractivity contribution >= 4 is 17.9 Å². The first kappa shape index (κ1) is 12.4. The van der Waals surface area contributed by atoms with Crippen LogP contribution < -0.4 is 5.73 Å². The molecule has 2 N–H and O–H groups in total. The monoisotopic (exact) mass is 248 g/mol. The number of carbonyl (C=O) groups is 2. The molecule has 0 saturated carbocycles. The predicted octanol–water partition coefficient (Wildman–Crippen LogP) is 1.02. The Morgan fingerprint density at radius 2 is 2.11 bits per heavy atom. The van der Waals surface area contributed by atoms with Crippen molar-refractivity contribution in [3.05, 3.63) is 30.2 Å². The number of primary amides is 1. The molecule has 2 rings (SSSR count). The summed E-state index contributed by atoms with van der Waals surface area (Å²) in [5, 5.41) is 0. The van der Waals surface area contributed by atoms with Gasteiger partial charge in [0.25, 0.3) is 0 Å². The number of rotatable bonds is 3. The summed E-state index contributed by atoms with van der Waals surface area (Å²) in [6.45, 7) is 1.16. The van der Waals surface area contributed by atoms with Crippen LogP contribution in [0.3, 0.4) is 0 Å². The van der Waals surface area contributed by atoms with Crippen molar-refractivity contribution in [2.24, 2.45) is 11.7 Å². The number of nitrogens with two attached hydrogens (primary N) is 1. The van der Waals surface area contributed by atoms with Gasteiger partial charge in [0.15, 0.2) is 0 Å². The Kier molecular flexibility index (Phi) is 3.82. The Hall–Kier alpha value is -2.04. The van der Waals surface area contributed by atoms with Crippen LogP contribution in [0.25, 0.3) is 6.08 Å². The van der Waals surface area contributed by atoms with E-state index in [1.165, 1.54) is 6.08 Å². The zero-order valence-corrected chi connectivity index (χ0v) is 10.0. The quantitative estimate of drug-likeness (QED) is 0.811. The normalized spacial score (nSPS) is 17.2. The molecule has 1 aliphatic heterocycles. The molecule has 0 bridgehead atoms. The van der Waals surface area contributed by atoms with E-state index in [1.807, 2.05) is 0 Å². The molecule has 1 aromatic heterocycles. The lowest BCUT2D eigenvalue weighted by atomic mass is 9.96. The van der Waals surface area contributed by atoms with Crippen LogP contribution in [0.5, 0.6) is 0 Å². The maximum Gasteiger partial charge on any atom is 0.246 e. The van der Waals surface area contributed by atoms with E-state index in [0.29, 0.717) is 31.7 Å². The van der Waals surface area contributed by atoms with Crippen LogP contribution in [0.1, 0.15) is 18.6 Å².